The zero-order valence-corrected chi connectivity index (χ0v) is 19.4. The van der Waals surface area contributed by atoms with Crippen molar-refractivity contribution in [3.63, 3.8) is 0 Å². The number of ether oxygens (including phenoxy) is 3. The summed E-state index contributed by atoms with van der Waals surface area (Å²) in [6.07, 6.45) is 9.44. The molecule has 3 nitrogen and oxygen atoms in total. The molecule has 1 saturated carbocycles. The molecule has 1 saturated heterocycles. The van der Waals surface area contributed by atoms with Gasteiger partial charge in [0.2, 0.25) is 11.6 Å². The van der Waals surface area contributed by atoms with Gasteiger partial charge in [0, 0.05) is 0 Å². The summed E-state index contributed by atoms with van der Waals surface area (Å²) in [4.78, 5) is 0. The summed E-state index contributed by atoms with van der Waals surface area (Å²) in [6, 6.07) is 11.1. The molecule has 4 rings (SSSR count). The molecule has 33 heavy (non-hydrogen) atoms. The number of hydrogen-bond donors (Lipinski definition) is 0. The van der Waals surface area contributed by atoms with Gasteiger partial charge in [0.1, 0.15) is 6.61 Å². The monoisotopic (exact) mass is 456 g/mol. The van der Waals surface area contributed by atoms with E-state index in [0.717, 1.165) is 24.5 Å². The fourth-order valence-corrected chi connectivity index (χ4v) is 5.21. The van der Waals surface area contributed by atoms with Crippen LogP contribution >= 0.6 is 0 Å². The predicted octanol–water partition coefficient (Wildman–Crippen LogP) is 7.20. The van der Waals surface area contributed by atoms with E-state index in [2.05, 4.69) is 18.7 Å². The summed E-state index contributed by atoms with van der Waals surface area (Å²) in [5.41, 5.74) is 2.28. The average Bonchev–Trinajstić information content (AvgIpc) is 2.87. The topological polar surface area (TPSA) is 27.7 Å². The van der Waals surface area contributed by atoms with Crippen LogP contribution in [0.15, 0.2) is 49.1 Å². The van der Waals surface area contributed by atoms with Gasteiger partial charge in [0.05, 0.1) is 19.3 Å². The zero-order chi connectivity index (χ0) is 23.2. The third kappa shape index (κ3) is 5.75. The van der Waals surface area contributed by atoms with Crippen molar-refractivity contribution in [1.29, 1.82) is 0 Å². The zero-order valence-electron chi connectivity index (χ0n) is 19.4. The molecule has 2 unspecified atom stereocenters. The Hall–Kier alpha value is -2.40. The molecule has 2 aromatic rings. The average molecular weight is 457 g/mol. The summed E-state index contributed by atoms with van der Waals surface area (Å²) in [5, 5.41) is 0. The highest BCUT2D eigenvalue weighted by Gasteiger charge is 2.31. The SMILES string of the molecule is C=CC1CCC(C2CCC(c3ccc(COc4ccc(OCC)c(F)c4F)cc3)CC2)CO1. The van der Waals surface area contributed by atoms with Crippen LogP contribution in [0.3, 0.4) is 0 Å². The van der Waals surface area contributed by atoms with Crippen LogP contribution < -0.4 is 9.47 Å². The number of rotatable bonds is 8. The van der Waals surface area contributed by atoms with Gasteiger partial charge in [0.15, 0.2) is 11.5 Å². The van der Waals surface area contributed by atoms with Crippen LogP contribution in [-0.4, -0.2) is 19.3 Å². The molecule has 0 amide bonds. The highest BCUT2D eigenvalue weighted by Crippen LogP contribution is 2.41. The fraction of sp³-hybridized carbons (Fsp3) is 0.500. The molecule has 1 aliphatic heterocycles. The van der Waals surface area contributed by atoms with Gasteiger partial charge in [-0.2, -0.15) is 8.78 Å². The van der Waals surface area contributed by atoms with Crippen LogP contribution in [0.25, 0.3) is 0 Å². The van der Waals surface area contributed by atoms with E-state index in [1.807, 2.05) is 18.2 Å². The van der Waals surface area contributed by atoms with Crippen LogP contribution in [0.1, 0.15) is 62.5 Å². The van der Waals surface area contributed by atoms with Crippen LogP contribution in [0.2, 0.25) is 0 Å². The van der Waals surface area contributed by atoms with E-state index in [4.69, 9.17) is 14.2 Å². The first kappa shape index (κ1) is 23.7. The lowest BCUT2D eigenvalue weighted by Crippen LogP contribution is -2.31. The molecule has 2 aromatic carbocycles. The lowest BCUT2D eigenvalue weighted by atomic mass is 9.72. The summed E-state index contributed by atoms with van der Waals surface area (Å²) in [5.74, 6) is -0.195. The van der Waals surface area contributed by atoms with Crippen molar-refractivity contribution in [2.24, 2.45) is 11.8 Å². The van der Waals surface area contributed by atoms with Gasteiger partial charge in [-0.15, -0.1) is 6.58 Å². The summed E-state index contributed by atoms with van der Waals surface area (Å²) in [7, 11) is 0. The van der Waals surface area contributed by atoms with E-state index in [0.29, 0.717) is 11.8 Å². The Morgan fingerprint density at radius 1 is 0.879 bits per heavy atom. The summed E-state index contributed by atoms with van der Waals surface area (Å²) < 4.78 is 44.8. The maximum absolute atomic E-state index is 14.2. The third-order valence-electron chi connectivity index (χ3n) is 7.20. The molecule has 1 aliphatic carbocycles. The lowest BCUT2D eigenvalue weighted by molar-refractivity contribution is -0.0147. The first-order valence-electron chi connectivity index (χ1n) is 12.2. The molecule has 1 heterocycles. The van der Waals surface area contributed by atoms with Gasteiger partial charge in [-0.3, -0.25) is 0 Å². The second-order valence-electron chi connectivity index (χ2n) is 9.21. The van der Waals surface area contributed by atoms with Crippen molar-refractivity contribution in [3.8, 4) is 11.5 Å². The number of benzene rings is 2. The van der Waals surface area contributed by atoms with Crippen LogP contribution in [0, 0.1) is 23.5 Å². The van der Waals surface area contributed by atoms with E-state index in [1.54, 1.807) is 6.92 Å². The van der Waals surface area contributed by atoms with Crippen molar-refractivity contribution >= 4 is 0 Å². The predicted molar refractivity (Wildman–Crippen MR) is 126 cm³/mol. The van der Waals surface area contributed by atoms with Gasteiger partial charge in [-0.1, -0.05) is 30.3 Å². The molecule has 0 N–H and O–H groups in total. The highest BCUT2D eigenvalue weighted by molar-refractivity contribution is 5.35. The van der Waals surface area contributed by atoms with E-state index < -0.39 is 11.6 Å². The van der Waals surface area contributed by atoms with E-state index >= 15 is 0 Å². The molecule has 2 fully saturated rings. The van der Waals surface area contributed by atoms with E-state index in [9.17, 15) is 8.78 Å². The van der Waals surface area contributed by atoms with E-state index in [-0.39, 0.29) is 30.8 Å². The Bertz CT molecular complexity index is 911. The molecule has 0 bridgehead atoms. The Morgan fingerprint density at radius 2 is 1.52 bits per heavy atom. The molecule has 2 atom stereocenters. The fourth-order valence-electron chi connectivity index (χ4n) is 5.21. The maximum Gasteiger partial charge on any atom is 0.204 e. The van der Waals surface area contributed by atoms with Crippen molar-refractivity contribution in [2.75, 3.05) is 13.2 Å². The minimum absolute atomic E-state index is 0.0987. The lowest BCUT2D eigenvalue weighted by Gasteiger charge is -2.37. The van der Waals surface area contributed by atoms with Crippen LogP contribution in [-0.2, 0) is 11.3 Å². The Balaban J connectivity index is 1.27. The van der Waals surface area contributed by atoms with Gasteiger partial charge < -0.3 is 14.2 Å². The summed E-state index contributed by atoms with van der Waals surface area (Å²) >= 11 is 0. The van der Waals surface area contributed by atoms with Gasteiger partial charge in [-0.05, 0) is 86.5 Å². The quantitative estimate of drug-likeness (QED) is 0.393. The molecule has 178 valence electrons. The Labute approximate surface area is 195 Å². The minimum atomic E-state index is -1.02. The first-order chi connectivity index (χ1) is 16.1. The third-order valence-corrected chi connectivity index (χ3v) is 7.20. The van der Waals surface area contributed by atoms with Crippen molar-refractivity contribution in [2.45, 2.75) is 64.1 Å². The number of hydrogen-bond acceptors (Lipinski definition) is 3. The molecule has 0 spiro atoms. The largest absolute Gasteiger partial charge is 0.491 e. The van der Waals surface area contributed by atoms with Gasteiger partial charge in [0.25, 0.3) is 0 Å². The van der Waals surface area contributed by atoms with Gasteiger partial charge in [-0.25, -0.2) is 0 Å². The second kappa shape index (κ2) is 11.1. The molecular weight excluding hydrogens is 422 g/mol. The smallest absolute Gasteiger partial charge is 0.204 e. The van der Waals surface area contributed by atoms with Crippen LogP contribution in [0.4, 0.5) is 8.78 Å². The Morgan fingerprint density at radius 3 is 2.09 bits per heavy atom. The minimum Gasteiger partial charge on any atom is -0.491 e. The van der Waals surface area contributed by atoms with Crippen molar-refractivity contribution < 1.29 is 23.0 Å². The standard InChI is InChI=1S/C28H34F2O3/c1-3-24-14-13-23(18-32-24)22-11-9-21(10-12-22)20-7-5-19(6-8-20)17-33-26-16-15-25(31-4-2)27(29)28(26)30/h3,5-8,15-16,21-24H,1,4,9-14,17-18H2,2H3. The normalized spacial score (nSPS) is 25.4. The number of halogens is 2. The highest BCUT2D eigenvalue weighted by atomic mass is 19.2. The Kier molecular flexibility index (Phi) is 8.02. The van der Waals surface area contributed by atoms with Crippen LogP contribution in [0.5, 0.6) is 11.5 Å². The first-order valence-corrected chi connectivity index (χ1v) is 12.2. The summed E-state index contributed by atoms with van der Waals surface area (Å²) in [6.45, 7) is 6.90. The maximum atomic E-state index is 14.2. The molecular formula is C28H34F2O3. The van der Waals surface area contributed by atoms with E-state index in [1.165, 1.54) is 49.8 Å². The van der Waals surface area contributed by atoms with Crippen molar-refractivity contribution in [1.82, 2.24) is 0 Å². The van der Waals surface area contributed by atoms with Crippen molar-refractivity contribution in [3.05, 3.63) is 71.8 Å². The molecule has 0 aromatic heterocycles. The van der Waals surface area contributed by atoms with Gasteiger partial charge >= 0.3 is 0 Å². The molecule has 2 aliphatic rings. The molecule has 0 radical (unpaired) electrons. The molecule has 5 heteroatoms. The second-order valence-corrected chi connectivity index (χ2v) is 9.21.